The van der Waals surface area contributed by atoms with Gasteiger partial charge in [0, 0.05) is 62.7 Å². The normalized spacial score (nSPS) is 29.1. The van der Waals surface area contributed by atoms with E-state index in [2.05, 4.69) is 19.2 Å². The Balaban J connectivity index is 0.998. The molecule has 0 aromatic carbocycles. The van der Waals surface area contributed by atoms with E-state index >= 15 is 0 Å². The molecule has 19 nitrogen and oxygen atoms in total. The summed E-state index contributed by atoms with van der Waals surface area (Å²) in [5, 5.41) is 14.9. The maximum absolute atomic E-state index is 14.8. The summed E-state index contributed by atoms with van der Waals surface area (Å²) in [5.74, 6) is -1.13. The van der Waals surface area contributed by atoms with Gasteiger partial charge in [0.1, 0.15) is 12.2 Å². The van der Waals surface area contributed by atoms with Gasteiger partial charge in [-0.15, -0.1) is 0 Å². The van der Waals surface area contributed by atoms with E-state index < -0.39 is 46.0 Å². The van der Waals surface area contributed by atoms with Crippen LogP contribution < -0.4 is 5.32 Å². The summed E-state index contributed by atoms with van der Waals surface area (Å²) in [5.41, 5.74) is -1.44. The number of aliphatic hydroxyl groups is 1. The molecule has 3 fully saturated rings. The Morgan fingerprint density at radius 2 is 1.51 bits per heavy atom. The van der Waals surface area contributed by atoms with Crippen LogP contribution in [0.25, 0.3) is 0 Å². The minimum absolute atomic E-state index is 0.0179. The van der Waals surface area contributed by atoms with Crippen LogP contribution >= 0.6 is 17.2 Å². The lowest BCUT2D eigenvalue weighted by molar-refractivity contribution is -0.253. The van der Waals surface area contributed by atoms with Crippen LogP contribution in [0.3, 0.4) is 0 Å². The van der Waals surface area contributed by atoms with Crippen molar-refractivity contribution in [3.05, 3.63) is 36.0 Å². The number of Topliss-reactive ketones (excluding diaryl/α,β-unsaturated/α-hetero) is 1. The highest BCUT2D eigenvalue weighted by atomic mass is 31.2. The number of nitrogens with one attached hydrogen (secondary N) is 1. The molecule has 0 aromatic rings. The Morgan fingerprint density at radius 3 is 2.15 bits per heavy atom. The summed E-state index contributed by atoms with van der Waals surface area (Å²) in [7, 11) is -1.27. The molecule has 1 aliphatic heterocycles. The highest BCUT2D eigenvalue weighted by Gasteiger charge is 2.69. The summed E-state index contributed by atoms with van der Waals surface area (Å²) in [6.45, 7) is 11.1. The number of nitrogens with zero attached hydrogens (tertiary/aromatic N) is 1. The van der Waals surface area contributed by atoms with Crippen molar-refractivity contribution in [3.63, 3.8) is 0 Å². The van der Waals surface area contributed by atoms with Crippen molar-refractivity contribution in [1.82, 2.24) is 10.2 Å². The van der Waals surface area contributed by atoms with Crippen molar-refractivity contribution in [1.29, 1.82) is 0 Å². The molecule has 67 heavy (non-hydrogen) atoms. The molecule has 0 radical (unpaired) electrons. The quantitative estimate of drug-likeness (QED) is 0.0380. The molecule has 378 valence electrons. The molecule has 21 heteroatoms. The van der Waals surface area contributed by atoms with Crippen molar-refractivity contribution >= 4 is 46.5 Å². The molecule has 0 bridgehead atoms. The average molecular weight is 987 g/mol. The van der Waals surface area contributed by atoms with E-state index in [1.54, 1.807) is 12.2 Å². The molecule has 10 unspecified atom stereocenters. The van der Waals surface area contributed by atoms with Gasteiger partial charge in [-0.3, -0.25) is 28.9 Å². The maximum atomic E-state index is 14.8. The monoisotopic (exact) mass is 986 g/mol. The second-order valence-corrected chi connectivity index (χ2v) is 20.3. The standard InChI is InChI=1S/C46H72N2O17P2/c1-7-9-42(61-8-2)64-46(18-15-36-35-11-10-33-30-34(49)14-17-44(33,3)43(35)37(50)31-45(36,46)4)38(51)32-63-67(56-6)65-66(55-5)62-22-19-47-39(52)16-21-57-24-26-59-28-29-60-27-25-58-23-20-48-40(53)12-13-41(48)54/h12-14,17,30,35-37,42-43,50H,7-11,15-16,18-29,31-32H2,1-6H3,(H,47,52). The fraction of sp³-hybridized carbons (Fsp3) is 0.761. The molecule has 3 saturated carbocycles. The number of ketones is 2. The summed E-state index contributed by atoms with van der Waals surface area (Å²) in [6.07, 6.45) is 11.0. The second kappa shape index (κ2) is 27.2. The molecule has 1 heterocycles. The fourth-order valence-corrected chi connectivity index (χ4v) is 12.5. The largest absolute Gasteiger partial charge is 0.393 e. The Morgan fingerprint density at radius 1 is 0.866 bits per heavy atom. The van der Waals surface area contributed by atoms with Gasteiger partial charge >= 0.3 is 17.2 Å². The number of imide groups is 1. The van der Waals surface area contributed by atoms with Gasteiger partial charge in [-0.25, -0.2) is 4.31 Å². The van der Waals surface area contributed by atoms with E-state index in [4.69, 9.17) is 50.8 Å². The van der Waals surface area contributed by atoms with E-state index in [0.29, 0.717) is 65.5 Å². The number of allylic oxidation sites excluding steroid dienone is 4. The van der Waals surface area contributed by atoms with Crippen LogP contribution in [0.15, 0.2) is 36.0 Å². The number of carbonyl (C=O) groups excluding carboxylic acids is 5. The van der Waals surface area contributed by atoms with Crippen LogP contribution in [0.2, 0.25) is 0 Å². The number of carbonyl (C=O) groups is 5. The van der Waals surface area contributed by atoms with Crippen molar-refractivity contribution in [2.24, 2.45) is 28.6 Å². The Labute approximate surface area is 397 Å². The summed E-state index contributed by atoms with van der Waals surface area (Å²) in [6, 6.07) is 0. The predicted octanol–water partition coefficient (Wildman–Crippen LogP) is 5.05. The molecular formula is C46H72N2O17P2. The van der Waals surface area contributed by atoms with Crippen LogP contribution in [0.5, 0.6) is 0 Å². The molecule has 0 spiro atoms. The maximum Gasteiger partial charge on any atom is 0.340 e. The van der Waals surface area contributed by atoms with Crippen molar-refractivity contribution in [3.8, 4) is 0 Å². The van der Waals surface area contributed by atoms with Crippen LogP contribution in [-0.4, -0.2) is 157 Å². The average Bonchev–Trinajstić information content (AvgIpc) is 3.78. The number of rotatable bonds is 33. The minimum atomic E-state index is -2.11. The lowest BCUT2D eigenvalue weighted by Gasteiger charge is -2.60. The Bertz CT molecular complexity index is 1730. The van der Waals surface area contributed by atoms with Crippen molar-refractivity contribution in [2.45, 2.75) is 97.1 Å². The number of hydrogen-bond acceptors (Lipinski definition) is 17. The molecule has 5 aliphatic rings. The lowest BCUT2D eigenvalue weighted by atomic mass is 9.46. The van der Waals surface area contributed by atoms with Crippen LogP contribution in [-0.2, 0) is 74.8 Å². The van der Waals surface area contributed by atoms with Crippen molar-refractivity contribution in [2.75, 3.05) is 100.0 Å². The van der Waals surface area contributed by atoms with E-state index in [9.17, 15) is 29.1 Å². The van der Waals surface area contributed by atoms with Gasteiger partial charge in [-0.1, -0.05) is 38.8 Å². The molecule has 0 saturated heterocycles. The van der Waals surface area contributed by atoms with Gasteiger partial charge in [0.05, 0.1) is 72.1 Å². The van der Waals surface area contributed by atoms with Gasteiger partial charge in [0.2, 0.25) is 5.91 Å². The number of hydrogen-bond donors (Lipinski definition) is 2. The van der Waals surface area contributed by atoms with Gasteiger partial charge in [-0.05, 0) is 69.4 Å². The highest BCUT2D eigenvalue weighted by Crippen LogP contribution is 2.68. The summed E-state index contributed by atoms with van der Waals surface area (Å²) < 4.78 is 63.3. The molecule has 5 rings (SSSR count). The topological polar surface area (TPSA) is 222 Å². The first kappa shape index (κ1) is 55.5. The van der Waals surface area contributed by atoms with Gasteiger partial charge in [0.15, 0.2) is 17.9 Å². The van der Waals surface area contributed by atoms with Gasteiger partial charge in [0.25, 0.3) is 11.8 Å². The predicted molar refractivity (Wildman–Crippen MR) is 245 cm³/mol. The third-order valence-corrected chi connectivity index (χ3v) is 16.0. The summed E-state index contributed by atoms with van der Waals surface area (Å²) in [4.78, 5) is 63.6. The second-order valence-electron chi connectivity index (χ2n) is 17.5. The van der Waals surface area contributed by atoms with Crippen LogP contribution in [0.4, 0.5) is 0 Å². The van der Waals surface area contributed by atoms with E-state index in [1.807, 2.05) is 19.9 Å². The number of aliphatic hydroxyl groups excluding tert-OH is 1. The Kier molecular flexibility index (Phi) is 22.5. The number of amides is 3. The zero-order chi connectivity index (χ0) is 48.5. The van der Waals surface area contributed by atoms with E-state index in [1.165, 1.54) is 26.4 Å². The Hall–Kier alpha value is -2.45. The van der Waals surface area contributed by atoms with E-state index in [0.717, 1.165) is 36.2 Å². The zero-order valence-corrected chi connectivity index (χ0v) is 41.7. The van der Waals surface area contributed by atoms with Gasteiger partial charge in [-0.2, -0.15) is 0 Å². The lowest BCUT2D eigenvalue weighted by Crippen LogP contribution is -2.63. The third kappa shape index (κ3) is 14.3. The molecule has 3 amide bonds. The summed E-state index contributed by atoms with van der Waals surface area (Å²) >= 11 is 0. The molecule has 0 aromatic heterocycles. The molecule has 2 N–H and O–H groups in total. The molecule has 4 aliphatic carbocycles. The SMILES string of the molecule is CCCC(OCC)OC1(C(=O)COP(OC)OP(OC)OCCNC(=O)CCOCCOCCOCCOCCN2C(=O)C=CC2=O)CCC2C3CCC4=CC(=O)C=CC4(C)C3C(O)CC21C. The van der Waals surface area contributed by atoms with Gasteiger partial charge < -0.3 is 56.9 Å². The number of ether oxygens (including phenoxy) is 6. The zero-order valence-electron chi connectivity index (χ0n) is 39.9. The minimum Gasteiger partial charge on any atom is -0.393 e. The number of fused-ring (bicyclic) bond motifs is 5. The molecule has 10 atom stereocenters. The highest BCUT2D eigenvalue weighted by molar-refractivity contribution is 7.55. The fourth-order valence-electron chi connectivity index (χ4n) is 10.5. The first-order chi connectivity index (χ1) is 32.3. The third-order valence-electron chi connectivity index (χ3n) is 13.6. The molecular weight excluding hydrogens is 914 g/mol. The first-order valence-corrected chi connectivity index (χ1v) is 25.6. The first-order valence-electron chi connectivity index (χ1n) is 23.4. The smallest absolute Gasteiger partial charge is 0.340 e. The van der Waals surface area contributed by atoms with Crippen molar-refractivity contribution < 1.29 is 79.9 Å². The van der Waals surface area contributed by atoms with Crippen LogP contribution in [0, 0.1) is 28.6 Å². The van der Waals surface area contributed by atoms with E-state index in [-0.39, 0.29) is 93.0 Å². The van der Waals surface area contributed by atoms with Crippen LogP contribution in [0.1, 0.15) is 79.1 Å².